The van der Waals surface area contributed by atoms with Gasteiger partial charge in [0.05, 0.1) is 0 Å². The van der Waals surface area contributed by atoms with E-state index in [4.69, 9.17) is 20.8 Å². The molecule has 0 bridgehead atoms. The van der Waals surface area contributed by atoms with Gasteiger partial charge in [-0.25, -0.2) is 4.79 Å². The quantitative estimate of drug-likeness (QED) is 0.448. The summed E-state index contributed by atoms with van der Waals surface area (Å²) in [6, 6.07) is 7.72. The van der Waals surface area contributed by atoms with Crippen LogP contribution in [0.4, 0.5) is 4.79 Å². The number of nitrogens with one attached hydrogen (secondary N) is 1. The van der Waals surface area contributed by atoms with Crippen molar-refractivity contribution in [1.82, 2.24) is 15.5 Å². The Morgan fingerprint density at radius 1 is 1.22 bits per heavy atom. The Morgan fingerprint density at radius 2 is 2.00 bits per heavy atom. The molecule has 1 N–H and O–H groups in total. The molecule has 1 aromatic heterocycles. The van der Waals surface area contributed by atoms with E-state index in [1.54, 1.807) is 0 Å². The summed E-state index contributed by atoms with van der Waals surface area (Å²) >= 11 is 7.62. The topological polar surface area (TPSA) is 77.2 Å². The van der Waals surface area contributed by atoms with E-state index in [0.29, 0.717) is 23.4 Å². The fraction of sp³-hybridized carbons (Fsp3) is 0.526. The van der Waals surface area contributed by atoms with Crippen molar-refractivity contribution in [3.8, 4) is 0 Å². The molecule has 0 aliphatic carbocycles. The van der Waals surface area contributed by atoms with Crippen molar-refractivity contribution in [1.29, 1.82) is 0 Å². The first-order valence-corrected chi connectivity index (χ1v) is 10.4. The van der Waals surface area contributed by atoms with Crippen LogP contribution in [0.15, 0.2) is 33.9 Å². The molecule has 2 aromatic rings. The lowest BCUT2D eigenvalue weighted by molar-refractivity contribution is 0.0527. The lowest BCUT2D eigenvalue weighted by Crippen LogP contribution is -2.32. The van der Waals surface area contributed by atoms with Crippen LogP contribution in [0.1, 0.15) is 51.5 Å². The van der Waals surface area contributed by atoms with Crippen molar-refractivity contribution in [2.75, 3.05) is 6.54 Å². The second-order valence-corrected chi connectivity index (χ2v) is 8.41. The maximum atomic E-state index is 11.5. The highest BCUT2D eigenvalue weighted by Gasteiger charge is 2.15. The lowest BCUT2D eigenvalue weighted by Gasteiger charge is -2.19. The van der Waals surface area contributed by atoms with Gasteiger partial charge in [0.1, 0.15) is 5.60 Å². The Labute approximate surface area is 169 Å². The van der Waals surface area contributed by atoms with Crippen LogP contribution in [0.5, 0.6) is 0 Å². The molecular formula is C19H26ClN3O3S. The Hall–Kier alpha value is -1.73. The minimum Gasteiger partial charge on any atom is -0.444 e. The van der Waals surface area contributed by atoms with Crippen molar-refractivity contribution < 1.29 is 13.9 Å². The molecule has 27 heavy (non-hydrogen) atoms. The van der Waals surface area contributed by atoms with Crippen molar-refractivity contribution in [3.63, 3.8) is 0 Å². The highest BCUT2D eigenvalue weighted by molar-refractivity contribution is 7.98. The monoisotopic (exact) mass is 411 g/mol. The van der Waals surface area contributed by atoms with E-state index in [2.05, 4.69) is 15.5 Å². The number of nitrogens with zero attached hydrogens (tertiary/aromatic N) is 2. The number of carbonyl (C=O) groups is 1. The number of hydrogen-bond acceptors (Lipinski definition) is 6. The fourth-order valence-electron chi connectivity index (χ4n) is 2.24. The third-order valence-corrected chi connectivity index (χ3v) is 4.73. The third kappa shape index (κ3) is 8.67. The SMILES string of the molecule is CC(C)(C)OC(=O)NCCCCCc1nnc(SCc2ccccc2Cl)o1. The summed E-state index contributed by atoms with van der Waals surface area (Å²) in [4.78, 5) is 11.5. The van der Waals surface area contributed by atoms with Gasteiger partial charge in [-0.3, -0.25) is 0 Å². The van der Waals surface area contributed by atoms with Crippen LogP contribution in [0, 0.1) is 0 Å². The molecule has 0 saturated carbocycles. The summed E-state index contributed by atoms with van der Waals surface area (Å²) in [7, 11) is 0. The lowest BCUT2D eigenvalue weighted by atomic mass is 10.2. The summed E-state index contributed by atoms with van der Waals surface area (Å²) in [5.41, 5.74) is 0.574. The van der Waals surface area contributed by atoms with Gasteiger partial charge in [-0.15, -0.1) is 10.2 Å². The van der Waals surface area contributed by atoms with E-state index >= 15 is 0 Å². The van der Waals surface area contributed by atoms with Gasteiger partial charge in [0, 0.05) is 23.7 Å². The van der Waals surface area contributed by atoms with Crippen LogP contribution >= 0.6 is 23.4 Å². The molecule has 0 fully saturated rings. The number of hydrogen-bond donors (Lipinski definition) is 1. The van der Waals surface area contributed by atoms with Gasteiger partial charge >= 0.3 is 6.09 Å². The standard InChI is InChI=1S/C19H26ClN3O3S/c1-19(2,3)26-17(24)21-12-8-4-5-11-16-22-23-18(25-16)27-13-14-9-6-7-10-15(14)20/h6-7,9-10H,4-5,8,11-13H2,1-3H3,(H,21,24). The molecule has 0 atom stereocenters. The molecule has 2 rings (SSSR count). The first-order chi connectivity index (χ1) is 12.8. The van der Waals surface area contributed by atoms with Gasteiger partial charge in [0.15, 0.2) is 0 Å². The molecule has 0 aliphatic rings. The number of halogens is 1. The van der Waals surface area contributed by atoms with Gasteiger partial charge in [0.25, 0.3) is 5.22 Å². The summed E-state index contributed by atoms with van der Waals surface area (Å²) in [6.45, 7) is 6.13. The zero-order chi connectivity index (χ0) is 19.7. The first-order valence-electron chi connectivity index (χ1n) is 8.99. The zero-order valence-electron chi connectivity index (χ0n) is 16.0. The molecule has 1 amide bonds. The average molecular weight is 412 g/mol. The Bertz CT molecular complexity index is 731. The molecule has 0 unspecified atom stereocenters. The normalized spacial score (nSPS) is 11.4. The molecular weight excluding hydrogens is 386 g/mol. The number of alkyl carbamates (subject to hydrolysis) is 1. The van der Waals surface area contributed by atoms with Gasteiger partial charge < -0.3 is 14.5 Å². The highest BCUT2D eigenvalue weighted by atomic mass is 35.5. The Balaban J connectivity index is 1.60. The van der Waals surface area contributed by atoms with Crippen LogP contribution in [0.2, 0.25) is 5.02 Å². The molecule has 1 aromatic carbocycles. The Kier molecular flexibility index (Phi) is 8.44. The maximum absolute atomic E-state index is 11.5. The highest BCUT2D eigenvalue weighted by Crippen LogP contribution is 2.25. The molecule has 8 heteroatoms. The van der Waals surface area contributed by atoms with Crippen LogP contribution in [-0.4, -0.2) is 28.4 Å². The fourth-order valence-corrected chi connectivity index (χ4v) is 3.30. The van der Waals surface area contributed by atoms with Crippen molar-refractivity contribution in [3.05, 3.63) is 40.7 Å². The number of ether oxygens (including phenoxy) is 1. The molecule has 0 radical (unpaired) electrons. The first kappa shape index (κ1) is 21.6. The van der Waals surface area contributed by atoms with Crippen molar-refractivity contribution in [2.45, 2.75) is 63.0 Å². The predicted molar refractivity (Wildman–Crippen MR) is 107 cm³/mol. The second kappa shape index (κ2) is 10.6. The average Bonchev–Trinajstić information content (AvgIpc) is 3.03. The molecule has 0 aliphatic heterocycles. The van der Waals surface area contributed by atoms with Crippen LogP contribution < -0.4 is 5.32 Å². The number of thioether (sulfide) groups is 1. The summed E-state index contributed by atoms with van der Waals surface area (Å²) in [6.07, 6.45) is 3.11. The number of carbonyl (C=O) groups excluding carboxylic acids is 1. The van der Waals surface area contributed by atoms with Crippen LogP contribution in [0.3, 0.4) is 0 Å². The minimum absolute atomic E-state index is 0.375. The number of unbranched alkanes of at least 4 members (excludes halogenated alkanes) is 2. The number of aryl methyl sites for hydroxylation is 1. The number of benzene rings is 1. The third-order valence-electron chi connectivity index (χ3n) is 3.49. The summed E-state index contributed by atoms with van der Waals surface area (Å²) in [5.74, 6) is 1.33. The number of aromatic nitrogens is 2. The zero-order valence-corrected chi connectivity index (χ0v) is 17.5. The number of amides is 1. The van der Waals surface area contributed by atoms with Gasteiger partial charge in [-0.05, 0) is 45.2 Å². The van der Waals surface area contributed by atoms with Crippen LogP contribution in [-0.2, 0) is 16.9 Å². The van der Waals surface area contributed by atoms with Crippen LogP contribution in [0.25, 0.3) is 0 Å². The summed E-state index contributed by atoms with van der Waals surface area (Å²) in [5, 5.41) is 12.2. The molecule has 1 heterocycles. The van der Waals surface area contributed by atoms with E-state index < -0.39 is 5.60 Å². The van der Waals surface area contributed by atoms with Gasteiger partial charge in [0.2, 0.25) is 5.89 Å². The van der Waals surface area contributed by atoms with E-state index in [1.165, 1.54) is 11.8 Å². The van der Waals surface area contributed by atoms with Gasteiger partial charge in [-0.2, -0.15) is 0 Å². The summed E-state index contributed by atoms with van der Waals surface area (Å²) < 4.78 is 10.8. The van der Waals surface area contributed by atoms with E-state index in [9.17, 15) is 4.79 Å². The molecule has 0 spiro atoms. The van der Waals surface area contributed by atoms with E-state index in [1.807, 2.05) is 45.0 Å². The van der Waals surface area contributed by atoms with Crippen molar-refractivity contribution >= 4 is 29.5 Å². The molecule has 148 valence electrons. The van der Waals surface area contributed by atoms with Crippen molar-refractivity contribution in [2.24, 2.45) is 0 Å². The van der Waals surface area contributed by atoms with E-state index in [0.717, 1.165) is 36.3 Å². The Morgan fingerprint density at radius 3 is 2.74 bits per heavy atom. The predicted octanol–water partition coefficient (Wildman–Crippen LogP) is 5.25. The number of rotatable bonds is 9. The van der Waals surface area contributed by atoms with Gasteiger partial charge in [-0.1, -0.05) is 48.0 Å². The largest absolute Gasteiger partial charge is 0.444 e. The molecule has 6 nitrogen and oxygen atoms in total. The van der Waals surface area contributed by atoms with E-state index in [-0.39, 0.29) is 6.09 Å². The second-order valence-electron chi connectivity index (χ2n) is 7.08. The minimum atomic E-state index is -0.469. The maximum Gasteiger partial charge on any atom is 0.407 e. The molecule has 0 saturated heterocycles. The smallest absolute Gasteiger partial charge is 0.407 e.